The Kier molecular flexibility index (Phi) is 5.95. The van der Waals surface area contributed by atoms with Gasteiger partial charge in [-0.25, -0.2) is 9.78 Å². The lowest BCUT2D eigenvalue weighted by atomic mass is 9.80. The molecule has 0 radical (unpaired) electrons. The smallest absolute Gasteiger partial charge is 0.355 e. The van der Waals surface area contributed by atoms with Gasteiger partial charge in [-0.1, -0.05) is 38.2 Å². The first-order valence-electron chi connectivity index (χ1n) is 12.5. The molecule has 0 bridgehead atoms. The van der Waals surface area contributed by atoms with E-state index in [0.717, 1.165) is 23.5 Å². The number of nitrogens with one attached hydrogen (secondary N) is 1. The van der Waals surface area contributed by atoms with Crippen molar-refractivity contribution in [3.05, 3.63) is 62.6 Å². The van der Waals surface area contributed by atoms with E-state index in [0.29, 0.717) is 35.2 Å². The molecule has 2 aromatic rings. The highest BCUT2D eigenvalue weighted by Crippen LogP contribution is 2.39. The molecular formula is C27H33N3O5Si. The number of aromatic nitrogens is 2. The molecule has 2 aliphatic heterocycles. The second-order valence-corrected chi connectivity index (χ2v) is 15.2. The molecule has 1 aromatic heterocycles. The largest absolute Gasteiger partial charge is 0.505 e. The number of nitrogens with zero attached hydrogens (tertiary/aromatic N) is 2. The number of aliphatic hydroxyl groups excluding tert-OH is 1. The maximum atomic E-state index is 12.8. The zero-order valence-corrected chi connectivity index (χ0v) is 22.5. The SMILES string of the molecule is CCC1(OC(C)=O)C(=O)OCC2=C1Cc1nc3n(c1=C2O)Cc1c(cccc1CC[Si](C)(C)NC)C=3. The highest BCUT2D eigenvalue weighted by molar-refractivity contribution is 6.74. The average molecular weight is 508 g/mol. The number of aliphatic hydroxyl groups is 1. The van der Waals surface area contributed by atoms with E-state index in [1.54, 1.807) is 6.92 Å². The monoisotopic (exact) mass is 507 g/mol. The van der Waals surface area contributed by atoms with Gasteiger partial charge in [0.25, 0.3) is 0 Å². The van der Waals surface area contributed by atoms with Crippen LogP contribution in [0.1, 0.15) is 42.7 Å². The summed E-state index contributed by atoms with van der Waals surface area (Å²) in [5.41, 5.74) is 4.68. The average Bonchev–Trinajstić information content (AvgIpc) is 3.20. The maximum absolute atomic E-state index is 12.8. The van der Waals surface area contributed by atoms with Gasteiger partial charge >= 0.3 is 11.9 Å². The van der Waals surface area contributed by atoms with Crippen molar-refractivity contribution >= 4 is 32.0 Å². The number of fused-ring (bicyclic) bond motifs is 4. The normalized spacial score (nSPS) is 20.6. The summed E-state index contributed by atoms with van der Waals surface area (Å²) in [5, 5.41) is 12.1. The van der Waals surface area contributed by atoms with Gasteiger partial charge in [0, 0.05) is 24.5 Å². The van der Waals surface area contributed by atoms with E-state index in [-0.39, 0.29) is 18.8 Å². The molecule has 0 saturated carbocycles. The molecule has 36 heavy (non-hydrogen) atoms. The molecular weight excluding hydrogens is 474 g/mol. The molecule has 0 spiro atoms. The van der Waals surface area contributed by atoms with Gasteiger partial charge in [-0.2, -0.15) is 0 Å². The van der Waals surface area contributed by atoms with Crippen molar-refractivity contribution in [3.8, 4) is 0 Å². The van der Waals surface area contributed by atoms with Crippen LogP contribution in [0.25, 0.3) is 11.8 Å². The van der Waals surface area contributed by atoms with E-state index in [1.165, 1.54) is 18.1 Å². The summed E-state index contributed by atoms with van der Waals surface area (Å²) in [7, 11) is 0.585. The molecule has 0 amide bonds. The van der Waals surface area contributed by atoms with Crippen molar-refractivity contribution in [1.82, 2.24) is 14.5 Å². The summed E-state index contributed by atoms with van der Waals surface area (Å²) in [6.07, 6.45) is 3.58. The standard InChI is InChI=1S/C27H33N3O5Si/c1-6-27(35-16(2)31)21-13-22-24(25(32)20(21)15-34-26(27)33)30-14-19-17(10-11-36(4,5)28-3)8-7-9-18(19)12-23(30)29-22/h7-9,12,28,32H,6,10-11,13-15H2,1-5H3. The van der Waals surface area contributed by atoms with Crippen LogP contribution in [-0.2, 0) is 38.4 Å². The second-order valence-electron chi connectivity index (χ2n) is 10.4. The number of rotatable bonds is 6. The van der Waals surface area contributed by atoms with Crippen LogP contribution in [0.2, 0.25) is 19.1 Å². The van der Waals surface area contributed by atoms with Gasteiger partial charge in [0.1, 0.15) is 31.4 Å². The van der Waals surface area contributed by atoms with Crippen LogP contribution in [-0.4, -0.2) is 54.1 Å². The first-order chi connectivity index (χ1) is 17.1. The maximum Gasteiger partial charge on any atom is 0.355 e. The number of ether oxygens (including phenoxy) is 2. The quantitative estimate of drug-likeness (QED) is 0.388. The van der Waals surface area contributed by atoms with Crippen molar-refractivity contribution in [2.24, 2.45) is 0 Å². The summed E-state index contributed by atoms with van der Waals surface area (Å²) >= 11 is 0. The number of imidazole rings is 1. The van der Waals surface area contributed by atoms with Gasteiger partial charge in [-0.15, -0.1) is 0 Å². The molecule has 1 aliphatic carbocycles. The van der Waals surface area contributed by atoms with E-state index in [9.17, 15) is 14.7 Å². The van der Waals surface area contributed by atoms with Crippen molar-refractivity contribution in [3.63, 3.8) is 0 Å². The molecule has 2 N–H and O–H groups in total. The molecule has 190 valence electrons. The van der Waals surface area contributed by atoms with Gasteiger partial charge in [-0.3, -0.25) is 4.79 Å². The van der Waals surface area contributed by atoms with E-state index in [1.807, 2.05) is 7.05 Å². The van der Waals surface area contributed by atoms with Gasteiger partial charge in [0.2, 0.25) is 5.60 Å². The van der Waals surface area contributed by atoms with E-state index in [4.69, 9.17) is 14.5 Å². The van der Waals surface area contributed by atoms with E-state index in [2.05, 4.69) is 46.9 Å². The van der Waals surface area contributed by atoms with Crippen molar-refractivity contribution < 1.29 is 24.2 Å². The number of cyclic esters (lactones) is 1. The van der Waals surface area contributed by atoms with E-state index < -0.39 is 25.8 Å². The minimum atomic E-state index is -1.54. The van der Waals surface area contributed by atoms with Gasteiger partial charge in [0.05, 0.1) is 12.2 Å². The lowest BCUT2D eigenvalue weighted by Gasteiger charge is -2.38. The Morgan fingerprint density at radius 1 is 1.36 bits per heavy atom. The number of hydrogen-bond donors (Lipinski definition) is 2. The second kappa shape index (κ2) is 8.74. The Bertz CT molecular complexity index is 1440. The van der Waals surface area contributed by atoms with Gasteiger partial charge in [-0.05, 0) is 48.7 Å². The highest BCUT2D eigenvalue weighted by Gasteiger charge is 2.51. The minimum Gasteiger partial charge on any atom is -0.505 e. The predicted molar refractivity (Wildman–Crippen MR) is 138 cm³/mol. The first-order valence-corrected chi connectivity index (χ1v) is 15.7. The lowest BCUT2D eigenvalue weighted by Crippen LogP contribution is -2.51. The first kappa shape index (κ1) is 24.5. The number of carbonyl (C=O) groups excluding carboxylic acids is 2. The number of esters is 2. The summed E-state index contributed by atoms with van der Waals surface area (Å²) in [6, 6.07) is 7.53. The Labute approximate surface area is 211 Å². The molecule has 1 unspecified atom stereocenters. The molecule has 5 rings (SSSR count). The van der Waals surface area contributed by atoms with Crippen LogP contribution >= 0.6 is 0 Å². The molecule has 0 saturated heterocycles. The Morgan fingerprint density at radius 2 is 2.14 bits per heavy atom. The summed E-state index contributed by atoms with van der Waals surface area (Å²) in [5.74, 6) is -1.13. The van der Waals surface area contributed by atoms with Crippen LogP contribution in [0.15, 0.2) is 29.3 Å². The van der Waals surface area contributed by atoms with Gasteiger partial charge < -0.3 is 24.1 Å². The van der Waals surface area contributed by atoms with Crippen LogP contribution in [0.5, 0.6) is 0 Å². The molecule has 1 atom stereocenters. The summed E-state index contributed by atoms with van der Waals surface area (Å²) < 4.78 is 13.0. The third kappa shape index (κ3) is 3.81. The molecule has 3 heterocycles. The molecule has 0 fully saturated rings. The molecule has 8 nitrogen and oxygen atoms in total. The van der Waals surface area contributed by atoms with Crippen LogP contribution < -0.4 is 15.8 Å². The van der Waals surface area contributed by atoms with Crippen molar-refractivity contribution in [2.45, 2.75) is 64.4 Å². The Hall–Kier alpha value is -3.17. The zero-order valence-electron chi connectivity index (χ0n) is 21.5. The number of benzene rings is 1. The highest BCUT2D eigenvalue weighted by atomic mass is 28.3. The molecule has 9 heteroatoms. The van der Waals surface area contributed by atoms with Crippen LogP contribution in [0, 0.1) is 0 Å². The number of hydrogen-bond acceptors (Lipinski definition) is 7. The Balaban J connectivity index is 1.61. The topological polar surface area (TPSA) is 103 Å². The minimum absolute atomic E-state index is 0.0422. The van der Waals surface area contributed by atoms with Crippen LogP contribution in [0.3, 0.4) is 0 Å². The van der Waals surface area contributed by atoms with Crippen LogP contribution in [0.4, 0.5) is 0 Å². The van der Waals surface area contributed by atoms with Crippen molar-refractivity contribution in [1.29, 1.82) is 0 Å². The fraction of sp³-hybridized carbons (Fsp3) is 0.444. The predicted octanol–water partition coefficient (Wildman–Crippen LogP) is 1.83. The fourth-order valence-electron chi connectivity index (χ4n) is 5.52. The lowest BCUT2D eigenvalue weighted by molar-refractivity contribution is -0.179. The molecule has 1 aromatic carbocycles. The summed E-state index contributed by atoms with van der Waals surface area (Å²) in [6.45, 7) is 8.26. The van der Waals surface area contributed by atoms with Gasteiger partial charge in [0.15, 0.2) is 0 Å². The molecule has 3 aliphatic rings. The van der Waals surface area contributed by atoms with Crippen molar-refractivity contribution in [2.75, 3.05) is 13.7 Å². The number of aryl methyl sites for hydroxylation is 1. The van der Waals surface area contributed by atoms with E-state index >= 15 is 0 Å². The Morgan fingerprint density at radius 3 is 2.83 bits per heavy atom. The summed E-state index contributed by atoms with van der Waals surface area (Å²) in [4.78, 5) is 33.1. The number of carbonyl (C=O) groups is 2. The fourth-order valence-corrected chi connectivity index (χ4v) is 6.67. The zero-order chi connectivity index (χ0) is 25.8. The third-order valence-electron chi connectivity index (χ3n) is 7.87. The third-order valence-corrected chi connectivity index (χ3v) is 10.7.